The Labute approximate surface area is 252 Å². The Morgan fingerprint density at radius 1 is 0.795 bits per heavy atom. The molecule has 0 saturated carbocycles. The maximum atomic E-state index is 12.0. The van der Waals surface area contributed by atoms with Gasteiger partial charge in [0, 0.05) is 18.4 Å². The maximum absolute atomic E-state index is 12.0. The zero-order valence-corrected chi connectivity index (χ0v) is 25.6. The van der Waals surface area contributed by atoms with Crippen molar-refractivity contribution >= 4 is 65.4 Å². The van der Waals surface area contributed by atoms with Gasteiger partial charge in [-0.1, -0.05) is 6.07 Å². The first-order chi connectivity index (χ1) is 20.5. The molecule has 16 heteroatoms. The number of rotatable bonds is 8. The van der Waals surface area contributed by atoms with Gasteiger partial charge in [-0.05, 0) is 79.2 Å². The third-order valence-corrected chi connectivity index (χ3v) is 8.10. The number of carbonyl (C=O) groups excluding carboxylic acids is 1. The van der Waals surface area contributed by atoms with Gasteiger partial charge in [0.1, 0.15) is 33.4 Å². The van der Waals surface area contributed by atoms with Crippen molar-refractivity contribution in [2.45, 2.75) is 37.5 Å². The summed E-state index contributed by atoms with van der Waals surface area (Å²) in [6, 6.07) is 10.9. The Kier molecular flexibility index (Phi) is 8.83. The number of anilines is 1. The minimum Gasteiger partial charge on any atom is -0.505 e. The van der Waals surface area contributed by atoms with Gasteiger partial charge in [0.05, 0.1) is 17.7 Å². The molecule has 0 fully saturated rings. The molecule has 4 rings (SSSR count). The number of hydrogen-bond acceptors (Lipinski definition) is 11. The van der Waals surface area contributed by atoms with E-state index in [9.17, 15) is 35.8 Å². The standard InChI is InChI=1S/C28H27N5O9S2/c1-14-6-7-25(44(39,40)41)23(8-14)32-30-21-13-24(42-5)22(12-20(21)29-17(4)34)31-33-27-16(3)9-18-11-19(43(36,37)38)10-15(2)26(18)28(27)35/h6-13,35H,1-5H3,(H,29,34)(H,36,37,38)(H,39,40,41). The fourth-order valence-electron chi connectivity index (χ4n) is 4.41. The molecule has 1 amide bonds. The molecule has 4 aromatic rings. The summed E-state index contributed by atoms with van der Waals surface area (Å²) in [7, 11) is -7.73. The van der Waals surface area contributed by atoms with Crippen LogP contribution >= 0.6 is 0 Å². The summed E-state index contributed by atoms with van der Waals surface area (Å²) < 4.78 is 71.4. The molecule has 4 N–H and O–H groups in total. The molecule has 0 heterocycles. The number of nitrogens with zero attached hydrogens (tertiary/aromatic N) is 4. The molecular weight excluding hydrogens is 614 g/mol. The lowest BCUT2D eigenvalue weighted by molar-refractivity contribution is -0.114. The van der Waals surface area contributed by atoms with Crippen LogP contribution in [0.3, 0.4) is 0 Å². The summed E-state index contributed by atoms with van der Waals surface area (Å²) in [6.07, 6.45) is 0. The molecule has 0 saturated heterocycles. The van der Waals surface area contributed by atoms with Crippen LogP contribution in [0.4, 0.5) is 28.4 Å². The van der Waals surface area contributed by atoms with Gasteiger partial charge in [0.2, 0.25) is 5.91 Å². The van der Waals surface area contributed by atoms with Gasteiger partial charge in [0.25, 0.3) is 20.2 Å². The molecule has 0 aliphatic rings. The molecule has 0 unspecified atom stereocenters. The van der Waals surface area contributed by atoms with E-state index in [1.165, 1.54) is 56.5 Å². The topological polar surface area (TPSA) is 217 Å². The third-order valence-electron chi connectivity index (χ3n) is 6.37. The van der Waals surface area contributed by atoms with Crippen LogP contribution in [0.1, 0.15) is 23.6 Å². The van der Waals surface area contributed by atoms with Gasteiger partial charge >= 0.3 is 0 Å². The van der Waals surface area contributed by atoms with Crippen molar-refractivity contribution in [1.82, 2.24) is 0 Å². The van der Waals surface area contributed by atoms with Gasteiger partial charge in [-0.3, -0.25) is 13.9 Å². The van der Waals surface area contributed by atoms with E-state index in [2.05, 4.69) is 25.8 Å². The van der Waals surface area contributed by atoms with E-state index in [1.807, 2.05) is 0 Å². The summed E-state index contributed by atoms with van der Waals surface area (Å²) in [6.45, 7) is 6.15. The Bertz CT molecular complexity index is 2110. The SMILES string of the molecule is COc1cc(N=Nc2cc(C)ccc2S(=O)(=O)O)c(NC(C)=O)cc1N=Nc1c(C)cc2cc(S(=O)(=O)O)cc(C)c2c1O. The van der Waals surface area contributed by atoms with E-state index in [1.54, 1.807) is 26.8 Å². The van der Waals surface area contributed by atoms with E-state index in [-0.39, 0.29) is 44.8 Å². The minimum absolute atomic E-state index is 0.0637. The molecule has 0 radical (unpaired) electrons. The lowest BCUT2D eigenvalue weighted by Crippen LogP contribution is -2.06. The largest absolute Gasteiger partial charge is 0.505 e. The minimum atomic E-state index is -4.60. The molecule has 0 aliphatic carbocycles. The summed E-state index contributed by atoms with van der Waals surface area (Å²) in [5.74, 6) is -0.614. The van der Waals surface area contributed by atoms with Crippen molar-refractivity contribution in [1.29, 1.82) is 0 Å². The summed E-state index contributed by atoms with van der Waals surface area (Å²) in [4.78, 5) is 11.2. The zero-order valence-electron chi connectivity index (χ0n) is 24.0. The van der Waals surface area contributed by atoms with E-state index in [0.717, 1.165) is 0 Å². The summed E-state index contributed by atoms with van der Waals surface area (Å²) in [5, 5.41) is 30.8. The number of carbonyl (C=O) groups is 1. The van der Waals surface area contributed by atoms with E-state index < -0.39 is 31.0 Å². The Hall–Kier alpha value is -4.77. The van der Waals surface area contributed by atoms with E-state index in [4.69, 9.17) is 4.74 Å². The molecule has 0 bridgehead atoms. The lowest BCUT2D eigenvalue weighted by Gasteiger charge is -2.12. The molecule has 44 heavy (non-hydrogen) atoms. The number of ether oxygens (including phenoxy) is 1. The van der Waals surface area contributed by atoms with Crippen LogP contribution in [0.25, 0.3) is 10.8 Å². The maximum Gasteiger partial charge on any atom is 0.296 e. The van der Waals surface area contributed by atoms with Crippen LogP contribution in [0.2, 0.25) is 0 Å². The predicted octanol–water partition coefficient (Wildman–Crippen LogP) is 6.76. The highest BCUT2D eigenvalue weighted by atomic mass is 32.2. The first-order valence-corrected chi connectivity index (χ1v) is 15.5. The second-order valence-corrected chi connectivity index (χ2v) is 12.6. The Balaban J connectivity index is 1.82. The van der Waals surface area contributed by atoms with E-state index >= 15 is 0 Å². The fourth-order valence-corrected chi connectivity index (χ4v) is 5.61. The summed E-state index contributed by atoms with van der Waals surface area (Å²) in [5.41, 5.74) is 1.69. The Morgan fingerprint density at radius 3 is 2.07 bits per heavy atom. The third kappa shape index (κ3) is 6.89. The number of methoxy groups -OCH3 is 1. The van der Waals surface area contributed by atoms with Gasteiger partial charge in [-0.15, -0.1) is 20.5 Å². The molecule has 230 valence electrons. The van der Waals surface area contributed by atoms with Crippen molar-refractivity contribution < 1.29 is 40.6 Å². The highest BCUT2D eigenvalue weighted by Gasteiger charge is 2.19. The average molecular weight is 642 g/mol. The van der Waals surface area contributed by atoms with Crippen molar-refractivity contribution in [3.05, 3.63) is 65.2 Å². The molecule has 0 spiro atoms. The van der Waals surface area contributed by atoms with Gasteiger partial charge in [-0.25, -0.2) is 0 Å². The van der Waals surface area contributed by atoms with Crippen LogP contribution in [-0.4, -0.2) is 44.1 Å². The van der Waals surface area contributed by atoms with Crippen LogP contribution in [-0.2, 0) is 25.0 Å². The number of fused-ring (bicyclic) bond motifs is 1. The number of aryl methyl sites for hydroxylation is 3. The number of aromatic hydroxyl groups is 1. The first kappa shape index (κ1) is 32.2. The van der Waals surface area contributed by atoms with Crippen molar-refractivity contribution in [3.8, 4) is 11.5 Å². The number of azo groups is 2. The van der Waals surface area contributed by atoms with Crippen LogP contribution in [0.5, 0.6) is 11.5 Å². The Morgan fingerprint density at radius 2 is 1.45 bits per heavy atom. The predicted molar refractivity (Wildman–Crippen MR) is 162 cm³/mol. The second kappa shape index (κ2) is 12.1. The number of hydrogen-bond donors (Lipinski definition) is 4. The molecule has 4 aromatic carbocycles. The smallest absolute Gasteiger partial charge is 0.296 e. The number of phenols is 1. The van der Waals surface area contributed by atoms with Gasteiger partial charge in [0.15, 0.2) is 5.75 Å². The van der Waals surface area contributed by atoms with Gasteiger partial charge in [-0.2, -0.15) is 16.8 Å². The van der Waals surface area contributed by atoms with Crippen molar-refractivity contribution in [2.75, 3.05) is 12.4 Å². The highest BCUT2D eigenvalue weighted by Crippen LogP contribution is 2.44. The second-order valence-electron chi connectivity index (χ2n) is 9.77. The normalized spacial score (nSPS) is 12.3. The van der Waals surface area contributed by atoms with Crippen LogP contribution < -0.4 is 10.1 Å². The molecular formula is C28H27N5O9S2. The lowest BCUT2D eigenvalue weighted by atomic mass is 10.0. The number of amides is 1. The molecule has 14 nitrogen and oxygen atoms in total. The number of phenolic OH excluding ortho intramolecular Hbond substituents is 1. The first-order valence-electron chi connectivity index (χ1n) is 12.6. The number of nitrogens with one attached hydrogen (secondary N) is 1. The summed E-state index contributed by atoms with van der Waals surface area (Å²) >= 11 is 0. The van der Waals surface area contributed by atoms with Crippen LogP contribution in [0, 0.1) is 20.8 Å². The van der Waals surface area contributed by atoms with Gasteiger partial charge < -0.3 is 15.2 Å². The van der Waals surface area contributed by atoms with Crippen LogP contribution in [0.15, 0.2) is 78.8 Å². The highest BCUT2D eigenvalue weighted by molar-refractivity contribution is 7.86. The fraction of sp³-hybridized carbons (Fsp3) is 0.179. The van der Waals surface area contributed by atoms with Crippen molar-refractivity contribution in [2.24, 2.45) is 20.5 Å². The average Bonchev–Trinajstić information content (AvgIpc) is 2.90. The van der Waals surface area contributed by atoms with Crippen molar-refractivity contribution in [3.63, 3.8) is 0 Å². The van der Waals surface area contributed by atoms with E-state index in [0.29, 0.717) is 27.5 Å². The monoisotopic (exact) mass is 641 g/mol. The quantitative estimate of drug-likeness (QED) is 0.118. The zero-order chi connectivity index (χ0) is 32.6. The molecule has 0 aliphatic heterocycles. The molecule has 0 aromatic heterocycles. The molecule has 0 atom stereocenters. The number of benzene rings is 4.